The lowest BCUT2D eigenvalue weighted by atomic mass is 9.83. The molecule has 2 N–H and O–H groups in total. The van der Waals surface area contributed by atoms with Gasteiger partial charge in [0.15, 0.2) is 11.4 Å². The Labute approximate surface area is 278 Å². The van der Waals surface area contributed by atoms with Gasteiger partial charge < -0.3 is 24.5 Å². The van der Waals surface area contributed by atoms with Crippen molar-refractivity contribution in [3.05, 3.63) is 74.6 Å². The second-order valence-electron chi connectivity index (χ2n) is 13.4. The summed E-state index contributed by atoms with van der Waals surface area (Å²) in [6, 6.07) is 4.75. The van der Waals surface area contributed by atoms with Crippen LogP contribution in [0.5, 0.6) is 0 Å². The molecule has 3 aliphatic rings. The lowest BCUT2D eigenvalue weighted by Crippen LogP contribution is -2.44. The number of hydrogen-bond acceptors (Lipinski definition) is 9. The molecule has 252 valence electrons. The smallest absolute Gasteiger partial charge is 0.343 e. The average molecular weight is 656 g/mol. The zero-order valence-electron chi connectivity index (χ0n) is 27.8. The Morgan fingerprint density at radius 2 is 1.90 bits per heavy atom. The molecule has 3 aromatic rings. The van der Waals surface area contributed by atoms with Crippen LogP contribution in [0.25, 0.3) is 22.3 Å². The van der Waals surface area contributed by atoms with Crippen molar-refractivity contribution < 1.29 is 33.8 Å². The van der Waals surface area contributed by atoms with Gasteiger partial charge in [-0.3, -0.25) is 19.2 Å². The van der Waals surface area contributed by atoms with Crippen LogP contribution in [0, 0.1) is 11.8 Å². The molecule has 0 fully saturated rings. The van der Waals surface area contributed by atoms with Gasteiger partial charge in [0.1, 0.15) is 13.2 Å². The summed E-state index contributed by atoms with van der Waals surface area (Å²) >= 11 is 0. The Kier molecular flexibility index (Phi) is 8.84. The molecule has 2 aliphatic heterocycles. The zero-order chi connectivity index (χ0) is 34.5. The molecule has 6 rings (SSSR count). The first-order valence-corrected chi connectivity index (χ1v) is 16.6. The number of amides is 1. The Morgan fingerprint density at radius 3 is 2.60 bits per heavy atom. The molecule has 4 heterocycles. The summed E-state index contributed by atoms with van der Waals surface area (Å²) in [5.74, 6) is -2.54. The minimum absolute atomic E-state index is 0.0706. The van der Waals surface area contributed by atoms with Crippen molar-refractivity contribution in [2.75, 3.05) is 6.61 Å². The van der Waals surface area contributed by atoms with Crippen LogP contribution in [0.3, 0.4) is 0 Å². The van der Waals surface area contributed by atoms with Crippen molar-refractivity contribution in [2.45, 2.75) is 91.0 Å². The number of hydrogen-bond donors (Lipinski definition) is 2. The van der Waals surface area contributed by atoms with Gasteiger partial charge in [0.2, 0.25) is 5.91 Å². The summed E-state index contributed by atoms with van der Waals surface area (Å²) in [4.78, 5) is 70.1. The van der Waals surface area contributed by atoms with Gasteiger partial charge in [-0.2, -0.15) is 0 Å². The molecular formula is C37H41N3O8. The van der Waals surface area contributed by atoms with Gasteiger partial charge in [0, 0.05) is 22.9 Å². The maximum Gasteiger partial charge on any atom is 0.343 e. The van der Waals surface area contributed by atoms with Gasteiger partial charge in [0.25, 0.3) is 5.56 Å². The van der Waals surface area contributed by atoms with Crippen molar-refractivity contribution in [3.8, 4) is 11.4 Å². The second kappa shape index (κ2) is 12.8. The molecule has 0 spiro atoms. The van der Waals surface area contributed by atoms with E-state index in [1.54, 1.807) is 24.5 Å². The monoisotopic (exact) mass is 655 g/mol. The van der Waals surface area contributed by atoms with E-state index < -0.39 is 29.5 Å². The number of fused-ring (bicyclic) bond motifs is 5. The number of ketones is 1. The third kappa shape index (κ3) is 5.53. The van der Waals surface area contributed by atoms with E-state index in [0.29, 0.717) is 17.9 Å². The highest BCUT2D eigenvalue weighted by Gasteiger charge is 2.45. The molecule has 2 aromatic heterocycles. The van der Waals surface area contributed by atoms with Gasteiger partial charge in [-0.25, -0.2) is 9.78 Å². The number of carbonyl (C=O) groups excluding carboxylic acids is 4. The highest BCUT2D eigenvalue weighted by molar-refractivity contribution is 5.96. The first kappa shape index (κ1) is 33.3. The summed E-state index contributed by atoms with van der Waals surface area (Å²) in [5, 5.41) is 15.0. The van der Waals surface area contributed by atoms with Crippen LogP contribution in [-0.4, -0.2) is 50.9 Å². The lowest BCUT2D eigenvalue weighted by molar-refractivity contribution is -0.172. The van der Waals surface area contributed by atoms with Crippen LogP contribution in [0.1, 0.15) is 80.3 Å². The first-order valence-electron chi connectivity index (χ1n) is 16.6. The maximum atomic E-state index is 13.7. The van der Waals surface area contributed by atoms with E-state index in [4.69, 9.17) is 14.5 Å². The number of benzene rings is 1. The number of aromatic nitrogens is 2. The molecule has 3 atom stereocenters. The van der Waals surface area contributed by atoms with Crippen molar-refractivity contribution in [1.82, 2.24) is 14.9 Å². The molecule has 11 nitrogen and oxygen atoms in total. The van der Waals surface area contributed by atoms with Crippen LogP contribution < -0.4 is 10.9 Å². The number of cyclic esters (lactones) is 1. The summed E-state index contributed by atoms with van der Waals surface area (Å²) in [6.07, 6.45) is 3.97. The van der Waals surface area contributed by atoms with Gasteiger partial charge in [0.05, 0.1) is 47.4 Å². The molecule has 1 amide bonds. The number of ether oxygens (including phenoxy) is 2. The van der Waals surface area contributed by atoms with E-state index in [1.165, 1.54) is 6.08 Å². The number of esters is 2. The number of Topliss-reactive ketones (excluding diaryl/α,β-unsaturated/α-hetero) is 1. The Balaban J connectivity index is 1.28. The van der Waals surface area contributed by atoms with Gasteiger partial charge >= 0.3 is 11.9 Å². The van der Waals surface area contributed by atoms with Crippen LogP contribution in [0.4, 0.5) is 0 Å². The number of nitrogens with one attached hydrogen (secondary N) is 1. The van der Waals surface area contributed by atoms with Gasteiger partial charge in [-0.15, -0.1) is 0 Å². The van der Waals surface area contributed by atoms with Crippen LogP contribution >= 0.6 is 0 Å². The number of aliphatic hydroxyl groups is 1. The molecule has 0 unspecified atom stereocenters. The molecule has 0 saturated heterocycles. The quantitative estimate of drug-likeness (QED) is 0.182. The Hall–Kier alpha value is -4.64. The summed E-state index contributed by atoms with van der Waals surface area (Å²) < 4.78 is 11.9. The highest BCUT2D eigenvalue weighted by Crippen LogP contribution is 2.43. The highest BCUT2D eigenvalue weighted by atomic mass is 16.6. The SMILES string of the molecule is C=CCOC(=O)C[C@H](C(=O)N[C@@H](C)C(=O)Cc1ccc2nc3c(c4c2c1CCC4)Cn1c-3cc2c(c1=O)COC(=O)[C@]2(O)CC)C(C)C. The maximum absolute atomic E-state index is 13.7. The molecule has 11 heteroatoms. The van der Waals surface area contributed by atoms with Crippen molar-refractivity contribution in [2.24, 2.45) is 11.8 Å². The molecule has 0 radical (unpaired) electrons. The predicted molar refractivity (Wildman–Crippen MR) is 177 cm³/mol. The van der Waals surface area contributed by atoms with Gasteiger partial charge in [-0.1, -0.05) is 39.5 Å². The third-order valence-electron chi connectivity index (χ3n) is 10.1. The summed E-state index contributed by atoms with van der Waals surface area (Å²) in [7, 11) is 0. The minimum atomic E-state index is -1.89. The Morgan fingerprint density at radius 1 is 1.15 bits per heavy atom. The molecular weight excluding hydrogens is 614 g/mol. The Bertz CT molecular complexity index is 1940. The van der Waals surface area contributed by atoms with Crippen LogP contribution in [0.15, 0.2) is 35.6 Å². The number of carbonyl (C=O) groups is 4. The van der Waals surface area contributed by atoms with E-state index in [-0.39, 0.29) is 66.8 Å². The normalized spacial score (nSPS) is 18.8. The first-order chi connectivity index (χ1) is 22.9. The molecule has 1 aliphatic carbocycles. The fraction of sp³-hybridized carbons (Fsp3) is 0.459. The zero-order valence-corrected chi connectivity index (χ0v) is 27.8. The fourth-order valence-corrected chi connectivity index (χ4v) is 7.32. The number of nitrogens with zero attached hydrogens (tertiary/aromatic N) is 2. The molecule has 48 heavy (non-hydrogen) atoms. The molecule has 1 aromatic carbocycles. The summed E-state index contributed by atoms with van der Waals surface area (Å²) in [5.41, 5.74) is 4.29. The van der Waals surface area contributed by atoms with E-state index in [9.17, 15) is 29.1 Å². The van der Waals surface area contributed by atoms with Crippen LogP contribution in [-0.2, 0) is 66.7 Å². The van der Waals surface area contributed by atoms with E-state index in [2.05, 4.69) is 11.9 Å². The van der Waals surface area contributed by atoms with Gasteiger partial charge in [-0.05, 0) is 67.3 Å². The van der Waals surface area contributed by atoms with E-state index in [1.807, 2.05) is 26.0 Å². The predicted octanol–water partition coefficient (Wildman–Crippen LogP) is 3.58. The van der Waals surface area contributed by atoms with Crippen LogP contribution in [0.2, 0.25) is 0 Å². The second-order valence-corrected chi connectivity index (χ2v) is 13.4. The third-order valence-corrected chi connectivity index (χ3v) is 10.1. The van der Waals surface area contributed by atoms with E-state index in [0.717, 1.165) is 52.4 Å². The van der Waals surface area contributed by atoms with E-state index >= 15 is 0 Å². The van der Waals surface area contributed by atoms with Crippen molar-refractivity contribution in [1.29, 1.82) is 0 Å². The largest absolute Gasteiger partial charge is 0.461 e. The topological polar surface area (TPSA) is 154 Å². The standard InChI is InChI=1S/C37H41N3O8/c1-6-13-47-31(42)15-24(19(3)4)34(43)38-20(5)30(41)14-21-11-12-28-32-22(21)9-8-10-23(32)25-17-40-29(33(25)39-28)16-27-26(35(40)44)18-48-36(45)37(27,46)7-2/h6,11-12,16,19-20,24,46H,1,7-10,13-15,17-18H2,2-5H3,(H,38,43)/t20-,24-,37-/m0/s1. The van der Waals surface area contributed by atoms with Crippen molar-refractivity contribution >= 4 is 34.5 Å². The average Bonchev–Trinajstić information content (AvgIpc) is 3.44. The summed E-state index contributed by atoms with van der Waals surface area (Å²) in [6.45, 7) is 10.8. The number of rotatable bonds is 11. The molecule has 0 bridgehead atoms. The fourth-order valence-electron chi connectivity index (χ4n) is 7.32. The molecule has 0 saturated carbocycles. The number of aryl methyl sites for hydroxylation is 2. The lowest BCUT2D eigenvalue weighted by Gasteiger charge is -2.31. The van der Waals surface area contributed by atoms with Crippen molar-refractivity contribution in [3.63, 3.8) is 0 Å². The number of pyridine rings is 2. The minimum Gasteiger partial charge on any atom is -0.461 e.